The predicted molar refractivity (Wildman–Crippen MR) is 65.2 cm³/mol. The van der Waals surface area contributed by atoms with Crippen LogP contribution in [0.2, 0.25) is 0 Å². The molecule has 0 saturated carbocycles. The molecule has 19 heavy (non-hydrogen) atoms. The summed E-state index contributed by atoms with van der Waals surface area (Å²) in [6.45, 7) is 5.25. The smallest absolute Gasteiger partial charge is 0.413 e. The number of hydrogen-bond donors (Lipinski definition) is 2. The molecule has 0 aromatic rings. The molecule has 0 aromatic carbocycles. The molecule has 3 N–H and O–H groups in total. The fraction of sp³-hybridized carbons (Fsp3) is 0.727. The van der Waals surface area contributed by atoms with E-state index >= 15 is 0 Å². The van der Waals surface area contributed by atoms with Crippen LogP contribution in [0.5, 0.6) is 0 Å². The topological polar surface area (TPSA) is 119 Å². The first kappa shape index (κ1) is 17.2. The molecular weight excluding hydrogens is 256 g/mol. The fourth-order valence-corrected chi connectivity index (χ4v) is 1.19. The molecule has 0 aliphatic heterocycles. The molecule has 0 heterocycles. The van der Waals surface area contributed by atoms with Crippen LogP contribution in [-0.2, 0) is 19.1 Å². The molecule has 0 spiro atoms. The molecule has 0 bridgehead atoms. The van der Waals surface area contributed by atoms with E-state index in [0.29, 0.717) is 4.90 Å². The van der Waals surface area contributed by atoms with Crippen LogP contribution in [0.3, 0.4) is 0 Å². The number of carbonyl (C=O) groups is 3. The van der Waals surface area contributed by atoms with Gasteiger partial charge in [-0.1, -0.05) is 0 Å². The zero-order valence-electron chi connectivity index (χ0n) is 11.7. The van der Waals surface area contributed by atoms with Gasteiger partial charge in [-0.2, -0.15) is 0 Å². The first-order chi connectivity index (χ1) is 8.44. The van der Waals surface area contributed by atoms with E-state index in [1.54, 1.807) is 20.8 Å². The summed E-state index contributed by atoms with van der Waals surface area (Å²) in [6.07, 6.45) is -1.00. The zero-order valence-corrected chi connectivity index (χ0v) is 11.7. The minimum Gasteiger partial charge on any atom is -0.480 e. The lowest BCUT2D eigenvalue weighted by Gasteiger charge is -2.37. The summed E-state index contributed by atoms with van der Waals surface area (Å²) in [5, 5.41) is 8.81. The highest BCUT2D eigenvalue weighted by Gasteiger charge is 2.44. The lowest BCUT2D eigenvalue weighted by atomic mass is 10.2. The van der Waals surface area contributed by atoms with Crippen molar-refractivity contribution >= 4 is 18.0 Å². The normalized spacial score (nSPS) is 14.4. The van der Waals surface area contributed by atoms with E-state index in [-0.39, 0.29) is 0 Å². The molecule has 0 fully saturated rings. The van der Waals surface area contributed by atoms with Crippen LogP contribution in [0.1, 0.15) is 27.7 Å². The Morgan fingerprint density at radius 1 is 1.21 bits per heavy atom. The average molecular weight is 276 g/mol. The number of rotatable bonds is 5. The molecule has 1 atom stereocenters. The zero-order chi connectivity index (χ0) is 15.4. The number of carboxylic acids is 1. The lowest BCUT2D eigenvalue weighted by Crippen LogP contribution is -2.61. The molecule has 8 heteroatoms. The first-order valence-corrected chi connectivity index (χ1v) is 5.51. The molecule has 1 unspecified atom stereocenters. The number of carbonyl (C=O) groups excluding carboxylic acids is 2. The molecule has 0 radical (unpaired) electrons. The molecule has 2 amide bonds. The second-order valence-electron chi connectivity index (χ2n) is 5.01. The van der Waals surface area contributed by atoms with Crippen LogP contribution in [0, 0.1) is 0 Å². The third-order valence-electron chi connectivity index (χ3n) is 2.28. The Morgan fingerprint density at radius 2 is 1.68 bits per heavy atom. The van der Waals surface area contributed by atoms with Crippen molar-refractivity contribution in [3.8, 4) is 0 Å². The van der Waals surface area contributed by atoms with Crippen molar-refractivity contribution in [2.45, 2.75) is 39.0 Å². The van der Waals surface area contributed by atoms with Crippen molar-refractivity contribution in [2.24, 2.45) is 5.73 Å². The number of ether oxygens (including phenoxy) is 2. The molecule has 0 aliphatic rings. The average Bonchev–Trinajstić information content (AvgIpc) is 2.21. The van der Waals surface area contributed by atoms with Gasteiger partial charge in [0.25, 0.3) is 5.91 Å². The van der Waals surface area contributed by atoms with Gasteiger partial charge in [0, 0.05) is 7.11 Å². The second-order valence-corrected chi connectivity index (χ2v) is 5.01. The van der Waals surface area contributed by atoms with Gasteiger partial charge in [-0.3, -0.25) is 14.5 Å². The highest BCUT2D eigenvalue weighted by molar-refractivity contribution is 5.88. The summed E-state index contributed by atoms with van der Waals surface area (Å²) >= 11 is 0. The Kier molecular flexibility index (Phi) is 5.31. The lowest BCUT2D eigenvalue weighted by molar-refractivity contribution is -0.166. The van der Waals surface area contributed by atoms with Gasteiger partial charge in [0.05, 0.1) is 0 Å². The molecule has 0 aliphatic carbocycles. The van der Waals surface area contributed by atoms with Crippen LogP contribution >= 0.6 is 0 Å². The third kappa shape index (κ3) is 4.74. The van der Waals surface area contributed by atoms with Crippen LogP contribution in [0.15, 0.2) is 0 Å². The summed E-state index contributed by atoms with van der Waals surface area (Å²) in [6, 6.07) is 0. The van der Waals surface area contributed by atoms with E-state index in [1.165, 1.54) is 6.92 Å². The molecule has 0 saturated heterocycles. The van der Waals surface area contributed by atoms with Gasteiger partial charge >= 0.3 is 12.1 Å². The number of amides is 2. The fourth-order valence-electron chi connectivity index (χ4n) is 1.19. The van der Waals surface area contributed by atoms with Crippen molar-refractivity contribution in [3.05, 3.63) is 0 Å². The summed E-state index contributed by atoms with van der Waals surface area (Å²) in [4.78, 5) is 34.8. The molecular formula is C11H20N2O6. The Balaban J connectivity index is 5.37. The largest absolute Gasteiger partial charge is 0.480 e. The number of aliphatic carboxylic acids is 1. The van der Waals surface area contributed by atoms with Crippen LogP contribution in [0.25, 0.3) is 0 Å². The van der Waals surface area contributed by atoms with Gasteiger partial charge in [0.15, 0.2) is 0 Å². The van der Waals surface area contributed by atoms with E-state index in [1.807, 2.05) is 0 Å². The van der Waals surface area contributed by atoms with E-state index < -0.39 is 35.8 Å². The van der Waals surface area contributed by atoms with E-state index in [2.05, 4.69) is 0 Å². The van der Waals surface area contributed by atoms with Gasteiger partial charge in [-0.05, 0) is 27.7 Å². The van der Waals surface area contributed by atoms with Gasteiger partial charge in [0.2, 0.25) is 5.72 Å². The number of primary amides is 1. The van der Waals surface area contributed by atoms with Gasteiger partial charge in [-0.25, -0.2) is 4.79 Å². The van der Waals surface area contributed by atoms with Gasteiger partial charge in [-0.15, -0.1) is 0 Å². The minimum absolute atomic E-state index is 0.628. The number of nitrogens with zero attached hydrogens (tertiary/aromatic N) is 1. The van der Waals surface area contributed by atoms with Crippen molar-refractivity contribution in [3.63, 3.8) is 0 Å². The van der Waals surface area contributed by atoms with Gasteiger partial charge in [0.1, 0.15) is 12.1 Å². The SMILES string of the molecule is COC(C)(C(N)=O)N(CC(=O)O)C(=O)OC(C)(C)C. The second kappa shape index (κ2) is 5.87. The molecule has 0 rings (SSSR count). The van der Waals surface area contributed by atoms with Crippen LogP contribution in [0.4, 0.5) is 4.79 Å². The summed E-state index contributed by atoms with van der Waals surface area (Å²) < 4.78 is 9.92. The first-order valence-electron chi connectivity index (χ1n) is 5.51. The molecule has 0 aromatic heterocycles. The van der Waals surface area contributed by atoms with E-state index in [0.717, 1.165) is 7.11 Å². The molecule has 8 nitrogen and oxygen atoms in total. The van der Waals surface area contributed by atoms with Gasteiger partial charge < -0.3 is 20.3 Å². The maximum absolute atomic E-state index is 12.0. The van der Waals surface area contributed by atoms with Crippen molar-refractivity contribution in [1.82, 2.24) is 4.90 Å². The number of nitrogens with two attached hydrogens (primary N) is 1. The van der Waals surface area contributed by atoms with Crippen LogP contribution in [-0.4, -0.2) is 53.0 Å². The highest BCUT2D eigenvalue weighted by Crippen LogP contribution is 2.19. The maximum atomic E-state index is 12.0. The Morgan fingerprint density at radius 3 is 1.95 bits per heavy atom. The van der Waals surface area contributed by atoms with Crippen molar-refractivity contribution in [2.75, 3.05) is 13.7 Å². The Bertz CT molecular complexity index is 376. The number of carboxylic acid groups (broad SMARTS) is 1. The summed E-state index contributed by atoms with van der Waals surface area (Å²) in [7, 11) is 1.14. The number of methoxy groups -OCH3 is 1. The maximum Gasteiger partial charge on any atom is 0.413 e. The standard InChI is InChI=1S/C11H20N2O6/c1-10(2,3)19-9(17)13(6-7(14)15)11(4,18-5)8(12)16/h6H2,1-5H3,(H2,12,16)(H,14,15). The van der Waals surface area contributed by atoms with Crippen molar-refractivity contribution < 1.29 is 29.0 Å². The predicted octanol–water partition coefficient (Wildman–Crippen LogP) is 0.156. The number of hydrogen-bond acceptors (Lipinski definition) is 5. The quantitative estimate of drug-likeness (QED) is 0.690. The van der Waals surface area contributed by atoms with E-state index in [9.17, 15) is 14.4 Å². The molecule has 110 valence electrons. The third-order valence-corrected chi connectivity index (χ3v) is 2.28. The highest BCUT2D eigenvalue weighted by atomic mass is 16.6. The monoisotopic (exact) mass is 276 g/mol. The van der Waals surface area contributed by atoms with Crippen molar-refractivity contribution in [1.29, 1.82) is 0 Å². The Labute approximate surface area is 111 Å². The summed E-state index contributed by atoms with van der Waals surface area (Å²) in [5.41, 5.74) is 2.40. The van der Waals surface area contributed by atoms with E-state index in [4.69, 9.17) is 20.3 Å². The van der Waals surface area contributed by atoms with Crippen LogP contribution < -0.4 is 5.73 Å². The summed E-state index contributed by atoms with van der Waals surface area (Å²) in [5.74, 6) is -2.32. The Hall–Kier alpha value is -1.83. The minimum atomic E-state index is -1.90.